The summed E-state index contributed by atoms with van der Waals surface area (Å²) in [6.07, 6.45) is 0.275. The third-order valence-electron chi connectivity index (χ3n) is 7.46. The number of rotatable bonds is 11. The molecule has 2 aromatic carbocycles. The Morgan fingerprint density at radius 1 is 0.837 bits per heavy atom. The molecule has 49 heavy (non-hydrogen) atoms. The lowest BCUT2D eigenvalue weighted by molar-refractivity contribution is -0.116. The van der Waals surface area contributed by atoms with Crippen molar-refractivity contribution >= 4 is 65.0 Å². The first-order valence-corrected chi connectivity index (χ1v) is 19.9. The van der Waals surface area contributed by atoms with Gasteiger partial charge in [0.15, 0.2) is 10.3 Å². The average molecular weight is 727 g/mol. The number of thiazole rings is 2. The monoisotopic (exact) mass is 726 g/mol. The molecule has 2 amide bonds. The van der Waals surface area contributed by atoms with E-state index in [0.29, 0.717) is 33.6 Å². The molecule has 0 aliphatic rings. The van der Waals surface area contributed by atoms with Crippen LogP contribution < -0.4 is 15.1 Å². The average Bonchev–Trinajstić information content (AvgIpc) is 3.53. The van der Waals surface area contributed by atoms with Crippen molar-refractivity contribution in [3.63, 3.8) is 0 Å². The zero-order valence-corrected chi connectivity index (χ0v) is 31.4. The highest BCUT2D eigenvalue weighted by Crippen LogP contribution is 2.37. The number of amides is 2. The van der Waals surface area contributed by atoms with Crippen molar-refractivity contribution in [2.75, 3.05) is 17.2 Å². The van der Waals surface area contributed by atoms with Crippen LogP contribution in [0.3, 0.4) is 0 Å². The van der Waals surface area contributed by atoms with Crippen LogP contribution in [0, 0.1) is 13.8 Å². The van der Waals surface area contributed by atoms with Crippen molar-refractivity contribution in [2.45, 2.75) is 72.5 Å². The van der Waals surface area contributed by atoms with Crippen LogP contribution in [0.1, 0.15) is 69.6 Å². The van der Waals surface area contributed by atoms with Crippen LogP contribution in [-0.2, 0) is 27.2 Å². The highest BCUT2D eigenvalue weighted by molar-refractivity contribution is 7.18. The summed E-state index contributed by atoms with van der Waals surface area (Å²) in [7, 11) is -1.94. The first-order valence-electron chi connectivity index (χ1n) is 15.4. The van der Waals surface area contributed by atoms with Gasteiger partial charge in [-0.3, -0.25) is 9.59 Å². The van der Waals surface area contributed by atoms with Crippen LogP contribution in [0.25, 0.3) is 0 Å². The van der Waals surface area contributed by atoms with E-state index < -0.39 is 20.3 Å². The molecule has 4 N–H and O–H groups in total. The molecule has 0 saturated carbocycles. The van der Waals surface area contributed by atoms with Crippen LogP contribution in [0.2, 0.25) is 18.1 Å². The summed E-state index contributed by atoms with van der Waals surface area (Å²) in [5.74, 6) is -1.11. The van der Waals surface area contributed by atoms with E-state index in [0.717, 1.165) is 34.0 Å². The van der Waals surface area contributed by atoms with Crippen molar-refractivity contribution in [3.05, 3.63) is 80.8 Å². The van der Waals surface area contributed by atoms with Crippen LogP contribution in [0.5, 0.6) is 11.5 Å². The number of aryl methyl sites for hydroxylation is 2. The Labute approximate surface area is 294 Å². The fraction of sp³-hybridized carbons (Fsp3) is 0.353. The number of carbonyl (C=O) groups is 4. The van der Waals surface area contributed by atoms with Gasteiger partial charge in [-0.15, -0.1) is 0 Å². The number of nitrogens with zero attached hydrogens (tertiary/aromatic N) is 2. The zero-order valence-electron chi connectivity index (χ0n) is 28.8. The summed E-state index contributed by atoms with van der Waals surface area (Å²) in [5.41, 5.74) is 2.44. The number of phenolic OH excluding ortho intramolecular Hbond substituents is 1. The Bertz CT molecular complexity index is 1810. The first-order chi connectivity index (χ1) is 22.9. The Morgan fingerprint density at radius 3 is 1.84 bits per heavy atom. The molecule has 4 aromatic rings. The lowest BCUT2D eigenvalue weighted by atomic mass is 10.1. The normalized spacial score (nSPS) is 11.2. The molecule has 2 heterocycles. The van der Waals surface area contributed by atoms with E-state index in [9.17, 15) is 24.3 Å². The van der Waals surface area contributed by atoms with E-state index in [-0.39, 0.29) is 45.5 Å². The predicted molar refractivity (Wildman–Crippen MR) is 194 cm³/mol. The lowest BCUT2D eigenvalue weighted by Crippen LogP contribution is -2.43. The van der Waals surface area contributed by atoms with Gasteiger partial charge in [0.2, 0.25) is 20.1 Å². The summed E-state index contributed by atoms with van der Waals surface area (Å²) < 4.78 is 11.3. The van der Waals surface area contributed by atoms with Gasteiger partial charge in [-0.25, -0.2) is 19.6 Å². The van der Waals surface area contributed by atoms with Gasteiger partial charge in [0, 0.05) is 0 Å². The van der Waals surface area contributed by atoms with E-state index in [1.807, 2.05) is 24.3 Å². The number of aromatic nitrogens is 2. The van der Waals surface area contributed by atoms with E-state index in [1.54, 1.807) is 32.9 Å². The molecule has 0 fully saturated rings. The summed E-state index contributed by atoms with van der Waals surface area (Å²) in [6, 6.07) is 14.0. The number of hydrogen-bond acceptors (Lipinski definition) is 11. The number of carboxylic acids is 1. The minimum atomic E-state index is -1.94. The predicted octanol–water partition coefficient (Wildman–Crippen LogP) is 7.23. The molecule has 0 atom stereocenters. The van der Waals surface area contributed by atoms with E-state index >= 15 is 0 Å². The van der Waals surface area contributed by atoms with Gasteiger partial charge in [0.1, 0.15) is 21.3 Å². The minimum absolute atomic E-state index is 0.0788. The Hall–Kier alpha value is -4.60. The molecule has 0 saturated heterocycles. The quantitative estimate of drug-likeness (QED) is 0.0911. The number of benzene rings is 2. The number of esters is 1. The summed E-state index contributed by atoms with van der Waals surface area (Å²) in [5, 5.41) is 24.3. The smallest absolute Gasteiger partial charge is 0.350 e. The number of ether oxygens (including phenoxy) is 1. The maximum absolute atomic E-state index is 12.5. The van der Waals surface area contributed by atoms with Gasteiger partial charge < -0.3 is 30.0 Å². The molecular weight excluding hydrogens is 685 g/mol. The Kier molecular flexibility index (Phi) is 13.2. The highest BCUT2D eigenvalue weighted by Gasteiger charge is 2.39. The van der Waals surface area contributed by atoms with Crippen molar-refractivity contribution in [1.29, 1.82) is 0 Å². The van der Waals surface area contributed by atoms with Gasteiger partial charge in [0.05, 0.1) is 30.8 Å². The van der Waals surface area contributed by atoms with Gasteiger partial charge in [-0.2, -0.15) is 0 Å². The largest absolute Gasteiger partial charge is 0.543 e. The number of aromatic carboxylic acids is 1. The van der Waals surface area contributed by atoms with Gasteiger partial charge >= 0.3 is 11.9 Å². The van der Waals surface area contributed by atoms with Crippen molar-refractivity contribution in [2.24, 2.45) is 0 Å². The van der Waals surface area contributed by atoms with Crippen molar-refractivity contribution in [1.82, 2.24) is 9.97 Å². The second-order valence-electron chi connectivity index (χ2n) is 12.5. The molecule has 0 spiro atoms. The highest BCUT2D eigenvalue weighted by atomic mass is 32.1. The standard InChI is InChI=1S/C21H30N2O4SSi.C13H12N2O4S/c1-8-26-19(25)18-14(2)22-20(28-18)23-17(24)13-15-10-9-11-16(12-15)27-29(6,7)21(3,4)5;1-7-11(12(18)19)20-13(14-7)15-10(17)6-8-3-2-4-9(16)5-8/h9-12H,8,13H2,1-7H3,(H,22,23,24);2-5,16H,6H2,1H3,(H,18,19)(H,14,15,17). The molecule has 262 valence electrons. The maximum Gasteiger partial charge on any atom is 0.350 e. The molecule has 0 aliphatic carbocycles. The Balaban J connectivity index is 0.000000284. The van der Waals surface area contributed by atoms with Crippen LogP contribution in [-0.4, -0.2) is 58.9 Å². The van der Waals surface area contributed by atoms with Gasteiger partial charge in [0.25, 0.3) is 0 Å². The van der Waals surface area contributed by atoms with Crippen LogP contribution in [0.15, 0.2) is 48.5 Å². The van der Waals surface area contributed by atoms with E-state index in [1.165, 1.54) is 12.1 Å². The number of carboxylic acid groups (broad SMARTS) is 1. The fourth-order valence-electron chi connectivity index (χ4n) is 4.02. The lowest BCUT2D eigenvalue weighted by Gasteiger charge is -2.36. The van der Waals surface area contributed by atoms with Gasteiger partial charge in [-0.1, -0.05) is 67.7 Å². The zero-order chi connectivity index (χ0) is 36.5. The topological polar surface area (TPSA) is 177 Å². The summed E-state index contributed by atoms with van der Waals surface area (Å²) in [4.78, 5) is 55.8. The Morgan fingerprint density at radius 2 is 1.35 bits per heavy atom. The van der Waals surface area contributed by atoms with E-state index in [2.05, 4.69) is 54.5 Å². The molecule has 0 radical (unpaired) electrons. The molecule has 4 rings (SSSR count). The van der Waals surface area contributed by atoms with Crippen molar-refractivity contribution < 1.29 is 38.6 Å². The molecule has 2 aromatic heterocycles. The second-order valence-corrected chi connectivity index (χ2v) is 19.2. The number of anilines is 2. The maximum atomic E-state index is 12.5. The summed E-state index contributed by atoms with van der Waals surface area (Å²) >= 11 is 2.04. The second kappa shape index (κ2) is 16.7. The third-order valence-corrected chi connectivity index (χ3v) is 13.9. The number of hydrogen-bond donors (Lipinski definition) is 4. The number of carbonyl (C=O) groups excluding carboxylic acids is 3. The molecule has 0 bridgehead atoms. The SMILES string of the molecule is CCOC(=O)c1sc(NC(=O)Cc2cccc(O[Si](C)(C)C(C)(C)C)c2)nc1C.Cc1nc(NC(=O)Cc2cccc(O)c2)sc1C(=O)O. The first kappa shape index (κ1) is 38.8. The molecule has 0 unspecified atom stereocenters. The minimum Gasteiger partial charge on any atom is -0.543 e. The van der Waals surface area contributed by atoms with Crippen LogP contribution >= 0.6 is 22.7 Å². The number of aromatic hydroxyl groups is 1. The summed E-state index contributed by atoms with van der Waals surface area (Å²) in [6.45, 7) is 16.3. The van der Waals surface area contributed by atoms with Crippen molar-refractivity contribution in [3.8, 4) is 11.5 Å². The fourth-order valence-corrected chi connectivity index (χ4v) is 6.74. The number of phenols is 1. The molecule has 0 aliphatic heterocycles. The van der Waals surface area contributed by atoms with Gasteiger partial charge in [-0.05, 0) is 74.3 Å². The molecule has 12 nitrogen and oxygen atoms in total. The molecule has 15 heteroatoms. The molecular formula is C34H42N4O8S2Si. The number of nitrogens with one attached hydrogen (secondary N) is 2. The third kappa shape index (κ3) is 11.5. The van der Waals surface area contributed by atoms with Crippen LogP contribution in [0.4, 0.5) is 10.3 Å². The van der Waals surface area contributed by atoms with E-state index in [4.69, 9.17) is 14.3 Å².